The lowest BCUT2D eigenvalue weighted by Gasteiger charge is -2.18. The third-order valence-electron chi connectivity index (χ3n) is 4.85. The van der Waals surface area contributed by atoms with Crippen LogP contribution in [0, 0.1) is 12.5 Å². The van der Waals surface area contributed by atoms with E-state index in [-0.39, 0.29) is 30.0 Å². The Morgan fingerprint density at radius 2 is 1.68 bits per heavy atom. The van der Waals surface area contributed by atoms with Crippen LogP contribution in [0.1, 0.15) is 30.9 Å². The zero-order valence-electron chi connectivity index (χ0n) is 15.8. The zero-order valence-corrected chi connectivity index (χ0v) is 16.7. The van der Waals surface area contributed by atoms with Crippen LogP contribution in [0.2, 0.25) is 0 Å². The van der Waals surface area contributed by atoms with E-state index >= 15 is 0 Å². The first-order valence-corrected chi connectivity index (χ1v) is 10.1. The maximum absolute atomic E-state index is 12.4. The molecule has 2 aromatic carbocycles. The van der Waals surface area contributed by atoms with E-state index in [1.807, 2.05) is 24.3 Å². The van der Waals surface area contributed by atoms with E-state index in [9.17, 15) is 9.59 Å². The number of ketones is 1. The summed E-state index contributed by atoms with van der Waals surface area (Å²) < 4.78 is 8.70. The van der Waals surface area contributed by atoms with Gasteiger partial charge in [-0.25, -0.2) is 15.6 Å². The topological polar surface area (TPSA) is 59.8 Å². The molecule has 1 N–H and O–H groups in total. The molecular weight excluding hydrogens is 372 g/mol. The van der Waals surface area contributed by atoms with Crippen LogP contribution >= 0.6 is 11.9 Å². The van der Waals surface area contributed by atoms with Crippen molar-refractivity contribution in [2.45, 2.75) is 25.8 Å². The van der Waals surface area contributed by atoms with Crippen molar-refractivity contribution in [3.63, 3.8) is 0 Å². The number of hydrogen-bond acceptors (Lipinski definition) is 4. The first-order valence-electron chi connectivity index (χ1n) is 9.17. The van der Waals surface area contributed by atoms with Crippen molar-refractivity contribution < 1.29 is 14.3 Å². The van der Waals surface area contributed by atoms with Gasteiger partial charge in [0.15, 0.2) is 5.78 Å². The quantitative estimate of drug-likeness (QED) is 0.547. The highest BCUT2D eigenvalue weighted by Crippen LogP contribution is 2.44. The van der Waals surface area contributed by atoms with Gasteiger partial charge in [-0.05, 0) is 22.3 Å². The standard InChI is InChI=1S/C22H22N2O3S/c1-14(2)21(25)20(13-28-23-3)24-22(26)27-12-19-17-10-6-4-8-15(17)16-9-5-7-11-18(16)19/h4-11,14,19-20H,12-13H2,1-2H3,(H,24,26). The van der Waals surface area contributed by atoms with Gasteiger partial charge >= 0.3 is 6.09 Å². The van der Waals surface area contributed by atoms with Gasteiger partial charge in [0.05, 0.1) is 0 Å². The minimum Gasteiger partial charge on any atom is -0.449 e. The highest BCUT2D eigenvalue weighted by molar-refractivity contribution is 8.01. The summed E-state index contributed by atoms with van der Waals surface area (Å²) in [5.74, 6) is -0.157. The van der Waals surface area contributed by atoms with Crippen molar-refractivity contribution in [3.8, 4) is 11.1 Å². The molecule has 144 valence electrons. The summed E-state index contributed by atoms with van der Waals surface area (Å²) in [7, 11) is 0. The van der Waals surface area contributed by atoms with Crippen molar-refractivity contribution >= 4 is 23.8 Å². The van der Waals surface area contributed by atoms with Gasteiger partial charge in [-0.2, -0.15) is 0 Å². The van der Waals surface area contributed by atoms with E-state index in [0.29, 0.717) is 0 Å². The Hall–Kier alpha value is -2.78. The van der Waals surface area contributed by atoms with Gasteiger partial charge < -0.3 is 10.1 Å². The number of rotatable bonds is 7. The van der Waals surface area contributed by atoms with Gasteiger partial charge in [0.1, 0.15) is 18.4 Å². The fourth-order valence-corrected chi connectivity index (χ4v) is 3.96. The molecule has 0 aliphatic heterocycles. The average Bonchev–Trinajstić information content (AvgIpc) is 3.03. The molecule has 2 aromatic rings. The lowest BCUT2D eigenvalue weighted by molar-refractivity contribution is -0.123. The van der Waals surface area contributed by atoms with Crippen molar-refractivity contribution in [2.75, 3.05) is 12.4 Å². The van der Waals surface area contributed by atoms with E-state index in [1.165, 1.54) is 0 Å². The van der Waals surface area contributed by atoms with Crippen LogP contribution < -0.4 is 5.32 Å². The largest absolute Gasteiger partial charge is 0.449 e. The SMILES string of the molecule is [C-]#[N+]SCC(NC(=O)OCC1c2ccccc2-c2ccccc21)C(=O)C(C)C. The van der Waals surface area contributed by atoms with Crippen LogP contribution in [-0.2, 0) is 9.53 Å². The molecule has 3 rings (SSSR count). The number of Topliss-reactive ketones (excluding diaryl/α,β-unsaturated/α-hetero) is 1. The van der Waals surface area contributed by atoms with E-state index in [0.717, 1.165) is 34.2 Å². The van der Waals surface area contributed by atoms with Crippen molar-refractivity contribution in [1.82, 2.24) is 5.32 Å². The molecular formula is C22H22N2O3S. The lowest BCUT2D eigenvalue weighted by atomic mass is 9.98. The van der Waals surface area contributed by atoms with Gasteiger partial charge in [0.25, 0.3) is 11.9 Å². The molecule has 1 aliphatic carbocycles. The number of carbonyl (C=O) groups is 2. The summed E-state index contributed by atoms with van der Waals surface area (Å²) in [6.07, 6.45) is -0.633. The number of hydrogen-bond donors (Lipinski definition) is 1. The number of ether oxygens (including phenoxy) is 1. The molecule has 0 bridgehead atoms. The molecule has 1 amide bonds. The molecule has 0 aromatic heterocycles. The van der Waals surface area contributed by atoms with Gasteiger partial charge in [-0.3, -0.25) is 4.79 Å². The molecule has 1 unspecified atom stereocenters. The Balaban J connectivity index is 1.69. The number of nitrogens with zero attached hydrogens (tertiary/aromatic N) is 1. The van der Waals surface area contributed by atoms with Crippen LogP contribution in [0.4, 0.5) is 4.79 Å². The minimum atomic E-state index is -0.727. The van der Waals surface area contributed by atoms with Gasteiger partial charge in [0, 0.05) is 11.8 Å². The number of amides is 1. The fraction of sp³-hybridized carbons (Fsp3) is 0.318. The Labute approximate surface area is 169 Å². The Morgan fingerprint density at radius 1 is 1.11 bits per heavy atom. The highest BCUT2D eigenvalue weighted by Gasteiger charge is 2.30. The number of fused-ring (bicyclic) bond motifs is 3. The van der Waals surface area contributed by atoms with Gasteiger partial charge in [-0.1, -0.05) is 62.4 Å². The van der Waals surface area contributed by atoms with Crippen LogP contribution in [0.15, 0.2) is 48.5 Å². The Morgan fingerprint density at radius 3 is 2.21 bits per heavy atom. The molecule has 5 nitrogen and oxygen atoms in total. The van der Waals surface area contributed by atoms with Crippen molar-refractivity contribution in [2.24, 2.45) is 5.92 Å². The fourth-order valence-electron chi connectivity index (χ4n) is 3.49. The summed E-state index contributed by atoms with van der Waals surface area (Å²) in [5.41, 5.74) is 4.59. The smallest absolute Gasteiger partial charge is 0.407 e. The minimum absolute atomic E-state index is 0.0324. The van der Waals surface area contributed by atoms with Crippen molar-refractivity contribution in [3.05, 3.63) is 70.5 Å². The molecule has 0 radical (unpaired) electrons. The maximum atomic E-state index is 12.4. The van der Waals surface area contributed by atoms with Gasteiger partial charge in [-0.15, -0.1) is 0 Å². The monoisotopic (exact) mass is 394 g/mol. The number of benzene rings is 2. The summed E-state index contributed by atoms with van der Waals surface area (Å²) in [4.78, 5) is 24.6. The molecule has 0 saturated carbocycles. The number of nitrogens with one attached hydrogen (secondary N) is 1. The predicted octanol–water partition coefficient (Wildman–Crippen LogP) is 4.69. The number of carbonyl (C=O) groups excluding carboxylic acids is 2. The first kappa shape index (κ1) is 20.0. The zero-order chi connectivity index (χ0) is 20.1. The molecule has 0 heterocycles. The normalized spacial score (nSPS) is 13.4. The second-order valence-electron chi connectivity index (χ2n) is 6.97. The first-order chi connectivity index (χ1) is 13.5. The average molecular weight is 394 g/mol. The molecule has 28 heavy (non-hydrogen) atoms. The summed E-state index contributed by atoms with van der Waals surface area (Å²) >= 11 is 0.929. The summed E-state index contributed by atoms with van der Waals surface area (Å²) in [6, 6.07) is 15.5. The maximum Gasteiger partial charge on any atom is 0.407 e. The Bertz CT molecular complexity index is 874. The van der Waals surface area contributed by atoms with E-state index in [1.54, 1.807) is 13.8 Å². The van der Waals surface area contributed by atoms with Crippen LogP contribution in [0.25, 0.3) is 15.4 Å². The molecule has 0 saturated heterocycles. The second-order valence-corrected chi connectivity index (χ2v) is 7.74. The van der Waals surface area contributed by atoms with Crippen LogP contribution in [0.3, 0.4) is 0 Å². The molecule has 1 aliphatic rings. The van der Waals surface area contributed by atoms with E-state index in [2.05, 4.69) is 33.8 Å². The molecule has 0 spiro atoms. The van der Waals surface area contributed by atoms with Crippen LogP contribution in [0.5, 0.6) is 0 Å². The highest BCUT2D eigenvalue weighted by atomic mass is 32.2. The predicted molar refractivity (Wildman–Crippen MR) is 111 cm³/mol. The Kier molecular flexibility index (Phi) is 6.37. The molecule has 6 heteroatoms. The summed E-state index contributed by atoms with van der Waals surface area (Å²) in [6.45, 7) is 10.6. The third-order valence-corrected chi connectivity index (χ3v) is 5.47. The number of alkyl carbamates (subject to hydrolysis) is 1. The molecule has 0 fully saturated rings. The van der Waals surface area contributed by atoms with Gasteiger partial charge in [0.2, 0.25) is 0 Å². The van der Waals surface area contributed by atoms with E-state index < -0.39 is 12.1 Å². The second kappa shape index (κ2) is 8.94. The van der Waals surface area contributed by atoms with Crippen molar-refractivity contribution in [1.29, 1.82) is 0 Å². The summed E-state index contributed by atoms with van der Waals surface area (Å²) in [5, 5.41) is 2.63. The van der Waals surface area contributed by atoms with Crippen LogP contribution in [-0.4, -0.2) is 30.3 Å². The third kappa shape index (κ3) is 4.20. The lowest BCUT2D eigenvalue weighted by Crippen LogP contribution is -2.44. The van der Waals surface area contributed by atoms with E-state index in [4.69, 9.17) is 11.3 Å². The molecule has 1 atom stereocenters.